The molecule has 0 aliphatic heterocycles. The Hall–Kier alpha value is -0.0600. The van der Waals surface area contributed by atoms with Gasteiger partial charge in [-0.3, -0.25) is 0 Å². The van der Waals surface area contributed by atoms with Gasteiger partial charge in [-0.05, 0) is 18.6 Å². The predicted molar refractivity (Wildman–Crippen MR) is 57.3 cm³/mol. The molecule has 0 amide bonds. The van der Waals surface area contributed by atoms with E-state index in [9.17, 15) is 8.42 Å². The fourth-order valence-corrected chi connectivity index (χ4v) is 2.53. The highest BCUT2D eigenvalue weighted by Crippen LogP contribution is 2.30. The summed E-state index contributed by atoms with van der Waals surface area (Å²) in [5.74, 6) is 0. The van der Waals surface area contributed by atoms with E-state index in [0.29, 0.717) is 5.56 Å². The summed E-state index contributed by atoms with van der Waals surface area (Å²) < 4.78 is 22.8. The number of benzene rings is 1. The zero-order valence-corrected chi connectivity index (χ0v) is 10.0. The van der Waals surface area contributed by atoms with Gasteiger partial charge < -0.3 is 0 Å². The Balaban J connectivity index is 3.17. The van der Waals surface area contributed by atoms with Crippen molar-refractivity contribution in [3.05, 3.63) is 34.3 Å². The highest BCUT2D eigenvalue weighted by atomic mass is 79.9. The van der Waals surface area contributed by atoms with E-state index in [2.05, 4.69) is 15.9 Å². The third-order valence-corrected chi connectivity index (χ3v) is 4.39. The molecule has 1 aromatic rings. The molecule has 0 radical (unpaired) electrons. The van der Waals surface area contributed by atoms with Gasteiger partial charge in [-0.25, -0.2) is 8.42 Å². The molecule has 72 valence electrons. The molecule has 0 saturated heterocycles. The van der Waals surface area contributed by atoms with E-state index in [-0.39, 0.29) is 0 Å². The standard InChI is InChI=1S/C8H8BrClO2S/c1-6(13(10,11)12)7-4-2-3-5-8(7)9/h2-6H,1H3. The van der Waals surface area contributed by atoms with Gasteiger partial charge in [-0.15, -0.1) is 0 Å². The van der Waals surface area contributed by atoms with E-state index in [0.717, 1.165) is 4.47 Å². The average Bonchev–Trinajstić information content (AvgIpc) is 2.02. The van der Waals surface area contributed by atoms with E-state index < -0.39 is 14.3 Å². The smallest absolute Gasteiger partial charge is 0.212 e. The number of hydrogen-bond acceptors (Lipinski definition) is 2. The van der Waals surface area contributed by atoms with E-state index in [1.807, 2.05) is 6.07 Å². The van der Waals surface area contributed by atoms with Crippen LogP contribution < -0.4 is 0 Å². The van der Waals surface area contributed by atoms with Gasteiger partial charge in [0.15, 0.2) is 0 Å². The Morgan fingerprint density at radius 1 is 1.38 bits per heavy atom. The summed E-state index contributed by atoms with van der Waals surface area (Å²) >= 11 is 3.27. The second-order valence-corrected chi connectivity index (χ2v) is 6.44. The maximum Gasteiger partial charge on any atom is 0.239 e. The lowest BCUT2D eigenvalue weighted by Crippen LogP contribution is -2.03. The molecule has 2 nitrogen and oxygen atoms in total. The summed E-state index contributed by atoms with van der Waals surface area (Å²) in [4.78, 5) is 0. The van der Waals surface area contributed by atoms with Crippen molar-refractivity contribution >= 4 is 35.7 Å². The van der Waals surface area contributed by atoms with Gasteiger partial charge >= 0.3 is 0 Å². The maximum atomic E-state index is 11.0. The first kappa shape index (κ1) is 11.0. The minimum atomic E-state index is -3.54. The third kappa shape index (κ3) is 2.69. The molecule has 0 aromatic heterocycles. The fourth-order valence-electron chi connectivity index (χ4n) is 0.956. The molecule has 5 heteroatoms. The molecule has 1 atom stereocenters. The van der Waals surface area contributed by atoms with E-state index in [1.54, 1.807) is 25.1 Å². The van der Waals surface area contributed by atoms with Gasteiger partial charge in [-0.1, -0.05) is 34.1 Å². The Bertz CT molecular complexity index is 402. The first-order chi connectivity index (χ1) is 5.93. The molecule has 0 spiro atoms. The largest absolute Gasteiger partial charge is 0.239 e. The van der Waals surface area contributed by atoms with Crippen molar-refractivity contribution in [1.82, 2.24) is 0 Å². The molecule has 0 heterocycles. The molecule has 1 rings (SSSR count). The topological polar surface area (TPSA) is 34.1 Å². The highest BCUT2D eigenvalue weighted by Gasteiger charge is 2.21. The van der Waals surface area contributed by atoms with Crippen LogP contribution in [0, 0.1) is 0 Å². The summed E-state index contributed by atoms with van der Waals surface area (Å²) in [7, 11) is 1.71. The monoisotopic (exact) mass is 282 g/mol. The number of halogens is 2. The molecule has 0 fully saturated rings. The van der Waals surface area contributed by atoms with Crippen molar-refractivity contribution in [2.75, 3.05) is 0 Å². The summed E-state index contributed by atoms with van der Waals surface area (Å²) in [6, 6.07) is 7.11. The number of rotatable bonds is 2. The predicted octanol–water partition coefficient (Wildman–Crippen LogP) is 3.08. The van der Waals surface area contributed by atoms with Crippen molar-refractivity contribution in [3.8, 4) is 0 Å². The van der Waals surface area contributed by atoms with Crippen LogP contribution in [-0.2, 0) is 9.05 Å². The summed E-state index contributed by atoms with van der Waals surface area (Å²) in [6.07, 6.45) is 0. The molecule has 0 saturated carbocycles. The molecular formula is C8H8BrClO2S. The summed E-state index contributed by atoms with van der Waals surface area (Å²) in [5, 5.41) is -0.690. The molecule has 13 heavy (non-hydrogen) atoms. The molecule has 1 unspecified atom stereocenters. The fraction of sp³-hybridized carbons (Fsp3) is 0.250. The van der Waals surface area contributed by atoms with Crippen LogP contribution in [0.3, 0.4) is 0 Å². The van der Waals surface area contributed by atoms with Gasteiger partial charge in [0, 0.05) is 15.2 Å². The van der Waals surface area contributed by atoms with Gasteiger partial charge in [0.1, 0.15) is 0 Å². The van der Waals surface area contributed by atoms with Crippen molar-refractivity contribution < 1.29 is 8.42 Å². The molecule has 0 bridgehead atoms. The minimum Gasteiger partial charge on any atom is -0.212 e. The van der Waals surface area contributed by atoms with Crippen LogP contribution in [0.5, 0.6) is 0 Å². The Morgan fingerprint density at radius 3 is 2.38 bits per heavy atom. The molecular weight excluding hydrogens is 276 g/mol. The van der Waals surface area contributed by atoms with Crippen molar-refractivity contribution in [3.63, 3.8) is 0 Å². The SMILES string of the molecule is CC(c1ccccc1Br)S(=O)(=O)Cl. The van der Waals surface area contributed by atoms with Crippen LogP contribution in [-0.4, -0.2) is 8.42 Å². The molecule has 0 aliphatic rings. The van der Waals surface area contributed by atoms with Gasteiger partial charge in [0.2, 0.25) is 9.05 Å². The van der Waals surface area contributed by atoms with E-state index in [1.165, 1.54) is 0 Å². The highest BCUT2D eigenvalue weighted by molar-refractivity contribution is 9.10. The summed E-state index contributed by atoms with van der Waals surface area (Å²) in [6.45, 7) is 1.56. The zero-order chi connectivity index (χ0) is 10.1. The van der Waals surface area contributed by atoms with Crippen LogP contribution in [0.2, 0.25) is 0 Å². The van der Waals surface area contributed by atoms with Gasteiger partial charge in [0.25, 0.3) is 0 Å². The van der Waals surface area contributed by atoms with Crippen LogP contribution in [0.25, 0.3) is 0 Å². The Labute approximate surface area is 90.5 Å². The molecule has 0 N–H and O–H groups in total. The normalized spacial score (nSPS) is 14.1. The van der Waals surface area contributed by atoms with Crippen LogP contribution in [0.15, 0.2) is 28.7 Å². The Morgan fingerprint density at radius 2 is 1.92 bits per heavy atom. The van der Waals surface area contributed by atoms with Crippen molar-refractivity contribution in [1.29, 1.82) is 0 Å². The van der Waals surface area contributed by atoms with Crippen LogP contribution >= 0.6 is 26.6 Å². The summed E-state index contributed by atoms with van der Waals surface area (Å²) in [5.41, 5.74) is 0.678. The minimum absolute atomic E-state index is 0.678. The molecule has 0 aliphatic carbocycles. The van der Waals surface area contributed by atoms with Gasteiger partial charge in [0.05, 0.1) is 5.25 Å². The Kier molecular flexibility index (Phi) is 3.38. The van der Waals surface area contributed by atoms with Crippen molar-refractivity contribution in [2.24, 2.45) is 0 Å². The second kappa shape index (κ2) is 3.98. The number of hydrogen-bond donors (Lipinski definition) is 0. The quantitative estimate of drug-likeness (QED) is 0.782. The maximum absolute atomic E-state index is 11.0. The lowest BCUT2D eigenvalue weighted by molar-refractivity contribution is 0.600. The van der Waals surface area contributed by atoms with Crippen LogP contribution in [0.4, 0.5) is 0 Å². The third-order valence-electron chi connectivity index (χ3n) is 1.77. The van der Waals surface area contributed by atoms with Crippen molar-refractivity contribution in [2.45, 2.75) is 12.2 Å². The lowest BCUT2D eigenvalue weighted by atomic mass is 10.2. The van der Waals surface area contributed by atoms with Crippen LogP contribution in [0.1, 0.15) is 17.7 Å². The molecule has 1 aromatic carbocycles. The van der Waals surface area contributed by atoms with E-state index >= 15 is 0 Å². The first-order valence-electron chi connectivity index (χ1n) is 3.61. The van der Waals surface area contributed by atoms with E-state index in [4.69, 9.17) is 10.7 Å². The lowest BCUT2D eigenvalue weighted by Gasteiger charge is -2.09. The zero-order valence-electron chi connectivity index (χ0n) is 6.87. The van der Waals surface area contributed by atoms with Gasteiger partial charge in [-0.2, -0.15) is 0 Å². The second-order valence-electron chi connectivity index (χ2n) is 2.64. The first-order valence-corrected chi connectivity index (χ1v) is 6.77. The average molecular weight is 284 g/mol.